The molecular formula is C28H26F4N4O4. The predicted octanol–water partition coefficient (Wildman–Crippen LogP) is 3.22. The van der Waals surface area contributed by atoms with Gasteiger partial charge in [0.2, 0.25) is 11.8 Å². The summed E-state index contributed by atoms with van der Waals surface area (Å²) in [4.78, 5) is 44.5. The number of carbonyl (C=O) groups is 3. The van der Waals surface area contributed by atoms with Crippen LogP contribution in [0.3, 0.4) is 0 Å². The molecule has 0 unspecified atom stereocenters. The van der Waals surface area contributed by atoms with Gasteiger partial charge in [0.15, 0.2) is 0 Å². The lowest BCUT2D eigenvalue weighted by atomic mass is 9.64. The van der Waals surface area contributed by atoms with Crippen molar-refractivity contribution in [3.63, 3.8) is 0 Å². The van der Waals surface area contributed by atoms with Gasteiger partial charge in [-0.05, 0) is 61.6 Å². The molecule has 210 valence electrons. The van der Waals surface area contributed by atoms with E-state index in [0.717, 1.165) is 23.1 Å². The first-order valence-electron chi connectivity index (χ1n) is 12.9. The topological polar surface area (TPSA) is 105 Å². The van der Waals surface area contributed by atoms with Crippen LogP contribution in [0.15, 0.2) is 42.5 Å². The number of aliphatic hydroxyl groups excluding tert-OH is 1. The van der Waals surface area contributed by atoms with Gasteiger partial charge in [0, 0.05) is 25.6 Å². The zero-order valence-corrected chi connectivity index (χ0v) is 21.3. The molecular weight excluding hydrogens is 532 g/mol. The number of amides is 3. The molecule has 8 nitrogen and oxygen atoms in total. The minimum Gasteiger partial charge on any atom is -0.393 e. The van der Waals surface area contributed by atoms with Crippen molar-refractivity contribution in [2.45, 2.75) is 50.0 Å². The number of rotatable bonds is 4. The highest BCUT2D eigenvalue weighted by molar-refractivity contribution is 6.10. The molecule has 1 spiro atoms. The van der Waals surface area contributed by atoms with Crippen LogP contribution < -0.4 is 4.90 Å². The van der Waals surface area contributed by atoms with Crippen LogP contribution in [0.5, 0.6) is 0 Å². The fourth-order valence-corrected chi connectivity index (χ4v) is 5.78. The largest absolute Gasteiger partial charge is 0.416 e. The first kappa shape index (κ1) is 27.6. The quantitative estimate of drug-likeness (QED) is 0.581. The molecule has 0 aromatic heterocycles. The van der Waals surface area contributed by atoms with Crippen LogP contribution in [0.4, 0.5) is 23.2 Å². The average Bonchev–Trinajstić information content (AvgIpc) is 2.90. The van der Waals surface area contributed by atoms with Crippen molar-refractivity contribution in [3.8, 4) is 6.07 Å². The van der Waals surface area contributed by atoms with Gasteiger partial charge in [0.25, 0.3) is 5.91 Å². The van der Waals surface area contributed by atoms with E-state index in [1.54, 1.807) is 4.90 Å². The lowest BCUT2D eigenvalue weighted by Crippen LogP contribution is -2.74. The number of hydrogen-bond donors (Lipinski definition) is 1. The van der Waals surface area contributed by atoms with Crippen molar-refractivity contribution in [2.24, 2.45) is 5.92 Å². The lowest BCUT2D eigenvalue weighted by molar-refractivity contribution is -0.168. The minimum absolute atomic E-state index is 0.0233. The molecule has 3 aliphatic rings. The zero-order valence-electron chi connectivity index (χ0n) is 21.3. The maximum Gasteiger partial charge on any atom is 0.416 e. The maximum atomic E-state index is 14.9. The number of nitriles is 1. The van der Waals surface area contributed by atoms with Gasteiger partial charge >= 0.3 is 6.18 Å². The molecule has 1 N–H and O–H groups in total. The second-order valence-electron chi connectivity index (χ2n) is 10.5. The number of halogens is 4. The smallest absolute Gasteiger partial charge is 0.393 e. The minimum atomic E-state index is -4.53. The molecule has 2 aromatic carbocycles. The fourth-order valence-electron chi connectivity index (χ4n) is 5.78. The number of piperazine rings is 1. The summed E-state index contributed by atoms with van der Waals surface area (Å²) in [5.41, 5.74) is -2.11. The third kappa shape index (κ3) is 4.90. The van der Waals surface area contributed by atoms with Gasteiger partial charge in [-0.1, -0.05) is 12.1 Å². The van der Waals surface area contributed by atoms with E-state index in [0.29, 0.717) is 31.5 Å². The molecule has 3 amide bonds. The van der Waals surface area contributed by atoms with E-state index in [-0.39, 0.29) is 36.5 Å². The molecule has 3 fully saturated rings. The van der Waals surface area contributed by atoms with Gasteiger partial charge in [0.05, 0.1) is 29.0 Å². The Labute approximate surface area is 227 Å². The van der Waals surface area contributed by atoms with Gasteiger partial charge < -0.3 is 14.9 Å². The second kappa shape index (κ2) is 10.2. The number of likely N-dealkylation sites (tertiary alicyclic amines) is 1. The molecule has 1 aliphatic carbocycles. The van der Waals surface area contributed by atoms with Crippen molar-refractivity contribution in [2.75, 3.05) is 24.5 Å². The van der Waals surface area contributed by atoms with Gasteiger partial charge in [-0.2, -0.15) is 18.4 Å². The highest BCUT2D eigenvalue weighted by Gasteiger charge is 2.62. The first-order valence-corrected chi connectivity index (χ1v) is 12.9. The summed E-state index contributed by atoms with van der Waals surface area (Å²) in [6, 6.07) is 9.62. The van der Waals surface area contributed by atoms with Crippen LogP contribution in [-0.4, -0.2) is 63.9 Å². The summed E-state index contributed by atoms with van der Waals surface area (Å²) in [5.74, 6) is -2.79. The standard InChI is InChI=1S/C28H26F4N4O4/c29-22-11-18(14-33)3-6-23(22)35-16-24(38)36(15-17-1-4-20(5-2-17)28(30,31)32)27(26(35)40)12-19(13-27)25(39)34-9-7-21(37)8-10-34/h1-6,11,19,21,37H,7-10,12-13,15-16H2/t19-,27-. The van der Waals surface area contributed by atoms with Crippen molar-refractivity contribution < 1.29 is 37.1 Å². The number of anilines is 1. The number of piperidine rings is 1. The van der Waals surface area contributed by atoms with Crippen molar-refractivity contribution in [1.29, 1.82) is 5.26 Å². The Morgan fingerprint density at radius 2 is 1.73 bits per heavy atom. The van der Waals surface area contributed by atoms with Crippen LogP contribution in [-0.2, 0) is 27.1 Å². The van der Waals surface area contributed by atoms with Crippen molar-refractivity contribution >= 4 is 23.4 Å². The van der Waals surface area contributed by atoms with Gasteiger partial charge in [-0.25, -0.2) is 4.39 Å². The maximum absolute atomic E-state index is 14.9. The van der Waals surface area contributed by atoms with E-state index in [2.05, 4.69) is 0 Å². The molecule has 12 heteroatoms. The summed E-state index contributed by atoms with van der Waals surface area (Å²) in [5, 5.41) is 18.8. The molecule has 0 atom stereocenters. The molecule has 1 saturated carbocycles. The summed E-state index contributed by atoms with van der Waals surface area (Å²) in [7, 11) is 0. The summed E-state index contributed by atoms with van der Waals surface area (Å²) >= 11 is 0. The highest BCUT2D eigenvalue weighted by Crippen LogP contribution is 2.48. The Morgan fingerprint density at radius 1 is 1.07 bits per heavy atom. The average molecular weight is 559 g/mol. The molecule has 2 heterocycles. The van der Waals surface area contributed by atoms with E-state index in [1.165, 1.54) is 29.2 Å². The number of benzene rings is 2. The highest BCUT2D eigenvalue weighted by atomic mass is 19.4. The molecule has 2 aromatic rings. The predicted molar refractivity (Wildman–Crippen MR) is 133 cm³/mol. The number of alkyl halides is 3. The van der Waals surface area contributed by atoms with E-state index in [9.17, 15) is 37.1 Å². The van der Waals surface area contributed by atoms with Crippen LogP contribution in [0.25, 0.3) is 0 Å². The molecule has 40 heavy (non-hydrogen) atoms. The van der Waals surface area contributed by atoms with E-state index in [1.807, 2.05) is 6.07 Å². The van der Waals surface area contributed by atoms with Gasteiger partial charge in [-0.3, -0.25) is 19.3 Å². The SMILES string of the molecule is N#Cc1ccc(N2CC(=O)N(Cc3ccc(C(F)(F)F)cc3)[C@]3(C[C@H](C(=O)N4CCC(O)CC4)C3)C2=O)c(F)c1. The van der Waals surface area contributed by atoms with Gasteiger partial charge in [0.1, 0.15) is 17.9 Å². The normalized spacial score (nSPS) is 23.8. The van der Waals surface area contributed by atoms with Crippen LogP contribution in [0.1, 0.15) is 42.4 Å². The summed E-state index contributed by atoms with van der Waals surface area (Å²) in [6.07, 6.45) is -4.19. The Bertz CT molecular complexity index is 1370. The Morgan fingerprint density at radius 3 is 2.30 bits per heavy atom. The van der Waals surface area contributed by atoms with E-state index in [4.69, 9.17) is 5.26 Å². The number of nitrogens with zero attached hydrogens (tertiary/aromatic N) is 4. The molecule has 5 rings (SSSR count). The Balaban J connectivity index is 1.44. The Kier molecular flexibility index (Phi) is 7.04. The number of carbonyl (C=O) groups excluding carboxylic acids is 3. The van der Waals surface area contributed by atoms with Crippen LogP contribution in [0.2, 0.25) is 0 Å². The monoisotopic (exact) mass is 558 g/mol. The number of aliphatic hydroxyl groups is 1. The van der Waals surface area contributed by atoms with Crippen LogP contribution >= 0.6 is 0 Å². The Hall–Kier alpha value is -3.98. The first-order chi connectivity index (χ1) is 18.9. The molecule has 2 saturated heterocycles. The number of hydrogen-bond acceptors (Lipinski definition) is 5. The van der Waals surface area contributed by atoms with E-state index < -0.39 is 53.5 Å². The van der Waals surface area contributed by atoms with Crippen molar-refractivity contribution in [3.05, 3.63) is 65.0 Å². The molecule has 2 aliphatic heterocycles. The fraction of sp³-hybridized carbons (Fsp3) is 0.429. The van der Waals surface area contributed by atoms with E-state index >= 15 is 0 Å². The lowest BCUT2D eigenvalue weighted by Gasteiger charge is -2.57. The third-order valence-electron chi connectivity index (χ3n) is 8.04. The third-order valence-corrected chi connectivity index (χ3v) is 8.04. The molecule has 0 bridgehead atoms. The second-order valence-corrected chi connectivity index (χ2v) is 10.5. The van der Waals surface area contributed by atoms with Crippen LogP contribution in [0, 0.1) is 23.1 Å². The van der Waals surface area contributed by atoms with Crippen molar-refractivity contribution in [1.82, 2.24) is 9.80 Å². The summed E-state index contributed by atoms with van der Waals surface area (Å²) in [6.45, 7) is 0.0678. The van der Waals surface area contributed by atoms with Gasteiger partial charge in [-0.15, -0.1) is 0 Å². The molecule has 0 radical (unpaired) electrons. The zero-order chi connectivity index (χ0) is 28.8. The summed E-state index contributed by atoms with van der Waals surface area (Å²) < 4.78 is 54.0.